The monoisotopic (exact) mass is 604 g/mol. The summed E-state index contributed by atoms with van der Waals surface area (Å²) in [6.45, 7) is 10.9. The summed E-state index contributed by atoms with van der Waals surface area (Å²) in [5.41, 5.74) is 1.49. The molecule has 2 amide bonds. The third-order valence-corrected chi connectivity index (χ3v) is 7.35. The first-order chi connectivity index (χ1) is 20.1. The van der Waals surface area contributed by atoms with Crippen LogP contribution in [0, 0.1) is 0 Å². The third kappa shape index (κ3) is 11.0. The number of benzene rings is 1. The van der Waals surface area contributed by atoms with Crippen molar-refractivity contribution in [2.24, 2.45) is 0 Å². The molecule has 1 aromatic carbocycles. The van der Waals surface area contributed by atoms with Crippen molar-refractivity contribution in [1.82, 2.24) is 19.8 Å². The number of halogens is 3. The van der Waals surface area contributed by atoms with Crippen molar-refractivity contribution in [2.75, 3.05) is 49.9 Å². The van der Waals surface area contributed by atoms with Crippen molar-refractivity contribution in [2.45, 2.75) is 37.9 Å². The van der Waals surface area contributed by atoms with E-state index in [1.54, 1.807) is 30.6 Å². The first-order valence-corrected chi connectivity index (χ1v) is 14.5. The van der Waals surface area contributed by atoms with Gasteiger partial charge in [0.05, 0.1) is 12.1 Å². The molecular formula is C29H35F3N6O3S. The summed E-state index contributed by atoms with van der Waals surface area (Å²) in [5.74, 6) is -0.0922. The smallest absolute Gasteiger partial charge is 0.406 e. The molecule has 3 aromatic rings. The van der Waals surface area contributed by atoms with Gasteiger partial charge in [0.2, 0.25) is 5.91 Å². The van der Waals surface area contributed by atoms with Crippen LogP contribution in [0.15, 0.2) is 66.0 Å². The number of thioether (sulfide) groups is 1. The lowest BCUT2D eigenvalue weighted by atomic mass is 10.2. The lowest BCUT2D eigenvalue weighted by Gasteiger charge is -2.24. The van der Waals surface area contributed by atoms with Crippen molar-refractivity contribution in [3.05, 3.63) is 72.1 Å². The summed E-state index contributed by atoms with van der Waals surface area (Å²) in [7, 11) is 0. The highest BCUT2D eigenvalue weighted by Gasteiger charge is 2.31. The fourth-order valence-electron chi connectivity index (χ4n) is 3.96. The highest BCUT2D eigenvalue weighted by molar-refractivity contribution is 7.98. The van der Waals surface area contributed by atoms with Crippen LogP contribution in [0.25, 0.3) is 0 Å². The Kier molecular flexibility index (Phi) is 12.6. The Morgan fingerprint density at radius 2 is 1.60 bits per heavy atom. The molecule has 13 heteroatoms. The predicted octanol–water partition coefficient (Wildman–Crippen LogP) is 5.52. The average Bonchev–Trinajstić information content (AvgIpc) is 2.96. The lowest BCUT2D eigenvalue weighted by Crippen LogP contribution is -2.39. The first-order valence-electron chi connectivity index (χ1n) is 13.5. The minimum Gasteiger partial charge on any atom is -0.406 e. The molecule has 3 rings (SSSR count). The van der Waals surface area contributed by atoms with Crippen molar-refractivity contribution in [1.29, 1.82) is 0 Å². The number of aromatic nitrogens is 2. The highest BCUT2D eigenvalue weighted by Crippen LogP contribution is 2.27. The number of carbonyl (C=O) groups excluding carboxylic acids is 2. The van der Waals surface area contributed by atoms with E-state index >= 15 is 0 Å². The van der Waals surface area contributed by atoms with Crippen LogP contribution in [0.4, 0.5) is 24.7 Å². The lowest BCUT2D eigenvalue weighted by molar-refractivity contribution is -0.274. The topological polar surface area (TPSA) is 99.7 Å². The zero-order chi connectivity index (χ0) is 30.5. The summed E-state index contributed by atoms with van der Waals surface area (Å²) >= 11 is 1.33. The summed E-state index contributed by atoms with van der Waals surface area (Å²) in [6.07, 6.45) is -1.61. The number of nitrogens with one attached hydrogen (secondary N) is 2. The van der Waals surface area contributed by atoms with E-state index in [2.05, 4.69) is 49.0 Å². The zero-order valence-electron chi connectivity index (χ0n) is 23.8. The molecule has 0 radical (unpaired) electrons. The summed E-state index contributed by atoms with van der Waals surface area (Å²) in [5, 5.41) is 6.01. The largest absolute Gasteiger partial charge is 0.573 e. The molecule has 2 N–H and O–H groups in total. The molecule has 0 saturated heterocycles. The molecule has 9 nitrogen and oxygen atoms in total. The molecule has 0 spiro atoms. The molecular weight excluding hydrogens is 569 g/mol. The maximum atomic E-state index is 12.9. The number of anilines is 2. The van der Waals surface area contributed by atoms with E-state index in [4.69, 9.17) is 0 Å². The van der Waals surface area contributed by atoms with E-state index in [1.165, 1.54) is 23.9 Å². The van der Waals surface area contributed by atoms with Crippen LogP contribution in [-0.2, 0) is 10.5 Å². The van der Waals surface area contributed by atoms with Gasteiger partial charge in [-0.25, -0.2) is 9.97 Å². The van der Waals surface area contributed by atoms with Crippen molar-refractivity contribution < 1.29 is 27.5 Å². The van der Waals surface area contributed by atoms with Crippen LogP contribution in [0.3, 0.4) is 0 Å². The second-order valence-corrected chi connectivity index (χ2v) is 10.1. The van der Waals surface area contributed by atoms with Crippen LogP contribution < -0.4 is 15.4 Å². The number of nitrogens with zero attached hydrogens (tertiary/aromatic N) is 4. The van der Waals surface area contributed by atoms with Gasteiger partial charge in [0.1, 0.15) is 16.6 Å². The second kappa shape index (κ2) is 16.1. The average molecular weight is 605 g/mol. The Morgan fingerprint density at radius 1 is 0.905 bits per heavy atom. The van der Waals surface area contributed by atoms with Crippen LogP contribution in [0.1, 0.15) is 36.7 Å². The van der Waals surface area contributed by atoms with E-state index in [9.17, 15) is 22.8 Å². The maximum absolute atomic E-state index is 12.9. The quantitative estimate of drug-likeness (QED) is 0.219. The van der Waals surface area contributed by atoms with Gasteiger partial charge in [-0.3, -0.25) is 14.5 Å². The normalized spacial score (nSPS) is 11.5. The predicted molar refractivity (Wildman–Crippen MR) is 158 cm³/mol. The van der Waals surface area contributed by atoms with Gasteiger partial charge in [0.15, 0.2) is 0 Å². The molecule has 0 aliphatic heterocycles. The summed E-state index contributed by atoms with van der Waals surface area (Å²) < 4.78 is 41.0. The number of amides is 2. The number of alkyl halides is 3. The number of rotatable bonds is 15. The van der Waals surface area contributed by atoms with E-state index in [0.717, 1.165) is 50.4 Å². The minimum absolute atomic E-state index is 0.143. The molecule has 0 aliphatic rings. The van der Waals surface area contributed by atoms with Crippen molar-refractivity contribution in [3.8, 4) is 5.75 Å². The van der Waals surface area contributed by atoms with Crippen molar-refractivity contribution in [3.63, 3.8) is 0 Å². The van der Waals surface area contributed by atoms with E-state index in [1.807, 2.05) is 13.0 Å². The molecule has 226 valence electrons. The Hall–Kier alpha value is -3.68. The van der Waals surface area contributed by atoms with Crippen LogP contribution in [0.5, 0.6) is 5.75 Å². The standard InChI is InChI=1S/C29H35F3N6O3S/c1-4-37(5-2)16-17-38(6-3)19-26(39)36-25-18-21(13-15-33-25)20-42-28-24(8-7-14-34-28)27(40)35-22-9-11-23(12-10-22)41-29(30,31)32/h7-15,18H,4-6,16-17,19-20H2,1-3H3,(H,35,40)(H,33,36,39). The van der Waals surface area contributed by atoms with Crippen LogP contribution in [0.2, 0.25) is 0 Å². The first kappa shape index (κ1) is 32.8. The number of hydrogen-bond donors (Lipinski definition) is 2. The minimum atomic E-state index is -4.80. The third-order valence-electron chi connectivity index (χ3n) is 6.27. The molecule has 42 heavy (non-hydrogen) atoms. The maximum Gasteiger partial charge on any atom is 0.573 e. The molecule has 0 aliphatic carbocycles. The Bertz CT molecular complexity index is 1310. The Morgan fingerprint density at radius 3 is 2.26 bits per heavy atom. The molecule has 0 bridgehead atoms. The SMILES string of the molecule is CCN(CC)CCN(CC)CC(=O)Nc1cc(CSc2ncccc2C(=O)Nc2ccc(OC(F)(F)F)cc2)ccn1. The van der Waals surface area contributed by atoms with E-state index in [-0.39, 0.29) is 18.2 Å². The highest BCUT2D eigenvalue weighted by atomic mass is 32.2. The number of carbonyl (C=O) groups is 2. The van der Waals surface area contributed by atoms with Gasteiger partial charge in [0, 0.05) is 36.9 Å². The second-order valence-electron chi connectivity index (χ2n) is 9.16. The molecule has 0 saturated carbocycles. The number of ether oxygens (including phenoxy) is 1. The summed E-state index contributed by atoms with van der Waals surface area (Å²) in [6, 6.07) is 11.7. The van der Waals surface area contributed by atoms with Crippen LogP contribution >= 0.6 is 11.8 Å². The molecule has 2 heterocycles. The molecule has 0 atom stereocenters. The number of hydrogen-bond acceptors (Lipinski definition) is 8. The van der Waals surface area contributed by atoms with Gasteiger partial charge < -0.3 is 20.3 Å². The van der Waals surface area contributed by atoms with Crippen LogP contribution in [-0.4, -0.2) is 77.2 Å². The van der Waals surface area contributed by atoms with Gasteiger partial charge in [-0.1, -0.05) is 20.8 Å². The summed E-state index contributed by atoms with van der Waals surface area (Å²) in [4.78, 5) is 38.6. The number of pyridine rings is 2. The van der Waals surface area contributed by atoms with E-state index < -0.39 is 12.3 Å². The Balaban J connectivity index is 1.57. The molecule has 2 aromatic heterocycles. The van der Waals surface area contributed by atoms with Gasteiger partial charge >= 0.3 is 6.36 Å². The zero-order valence-corrected chi connectivity index (χ0v) is 24.6. The van der Waals surface area contributed by atoms with Gasteiger partial charge in [-0.2, -0.15) is 0 Å². The van der Waals surface area contributed by atoms with E-state index in [0.29, 0.717) is 27.8 Å². The Labute approximate surface area is 247 Å². The van der Waals surface area contributed by atoms with Gasteiger partial charge in [-0.15, -0.1) is 24.9 Å². The van der Waals surface area contributed by atoms with Crippen molar-refractivity contribution >= 4 is 35.1 Å². The molecule has 0 unspecified atom stereocenters. The molecule has 0 fully saturated rings. The number of likely N-dealkylation sites (N-methyl/N-ethyl adjacent to an activating group) is 2. The van der Waals surface area contributed by atoms with Gasteiger partial charge in [-0.05, 0) is 73.7 Å². The fourth-order valence-corrected chi connectivity index (χ4v) is 4.89. The fraction of sp³-hybridized carbons (Fsp3) is 0.379. The van der Waals surface area contributed by atoms with Gasteiger partial charge in [0.25, 0.3) is 5.91 Å².